The summed E-state index contributed by atoms with van der Waals surface area (Å²) in [6, 6.07) is 5.25. The second-order valence-corrected chi connectivity index (χ2v) is 4.99. The van der Waals surface area contributed by atoms with Crippen LogP contribution in [0.25, 0.3) is 0 Å². The lowest BCUT2D eigenvalue weighted by Crippen LogP contribution is -2.36. The predicted octanol–water partition coefficient (Wildman–Crippen LogP) is 3.48. The molecule has 0 saturated carbocycles. The van der Waals surface area contributed by atoms with Crippen LogP contribution in [0.4, 0.5) is 4.39 Å². The molecular formula is C15H25FN2. The second-order valence-electron chi connectivity index (χ2n) is 4.99. The largest absolute Gasteiger partial charge is 0.271 e. The minimum atomic E-state index is -0.170. The first-order chi connectivity index (χ1) is 8.67. The number of hydrogen-bond acceptors (Lipinski definition) is 2. The van der Waals surface area contributed by atoms with Crippen LogP contribution >= 0.6 is 0 Å². The summed E-state index contributed by atoms with van der Waals surface area (Å²) in [4.78, 5) is 0. The number of unbranched alkanes of at least 4 members (excludes halogenated alkanes) is 3. The third-order valence-electron chi connectivity index (χ3n) is 3.41. The molecule has 1 rings (SSSR count). The normalized spacial score (nSPS) is 12.7. The Morgan fingerprint density at radius 1 is 1.28 bits per heavy atom. The summed E-state index contributed by atoms with van der Waals surface area (Å²) in [5.74, 6) is 5.42. The third-order valence-corrected chi connectivity index (χ3v) is 3.41. The van der Waals surface area contributed by atoms with E-state index < -0.39 is 0 Å². The van der Waals surface area contributed by atoms with Crippen LogP contribution < -0.4 is 11.3 Å². The van der Waals surface area contributed by atoms with Gasteiger partial charge in [-0.1, -0.05) is 38.7 Å². The molecule has 3 heteroatoms. The number of rotatable bonds is 8. The molecule has 1 aromatic rings. The van der Waals surface area contributed by atoms with Crippen LogP contribution in [0.3, 0.4) is 0 Å². The van der Waals surface area contributed by atoms with E-state index in [9.17, 15) is 4.39 Å². The average molecular weight is 252 g/mol. The lowest BCUT2D eigenvalue weighted by Gasteiger charge is -2.17. The summed E-state index contributed by atoms with van der Waals surface area (Å²) in [5.41, 5.74) is 5.05. The van der Waals surface area contributed by atoms with Crippen molar-refractivity contribution in [2.75, 3.05) is 0 Å². The fraction of sp³-hybridized carbons (Fsp3) is 0.600. The molecule has 0 radical (unpaired) electrons. The average Bonchev–Trinajstić information content (AvgIpc) is 2.35. The molecule has 18 heavy (non-hydrogen) atoms. The molecule has 0 aliphatic carbocycles. The summed E-state index contributed by atoms with van der Waals surface area (Å²) < 4.78 is 13.0. The first-order valence-electron chi connectivity index (χ1n) is 6.88. The first kappa shape index (κ1) is 15.1. The van der Waals surface area contributed by atoms with Gasteiger partial charge in [-0.2, -0.15) is 0 Å². The van der Waals surface area contributed by atoms with Gasteiger partial charge in [0, 0.05) is 6.04 Å². The highest BCUT2D eigenvalue weighted by molar-refractivity contribution is 5.27. The standard InChI is InChI=1S/C15H25FN2/c1-3-4-5-6-7-15(18-17)11-13-8-9-14(16)10-12(13)2/h8-10,15,18H,3-7,11,17H2,1-2H3. The van der Waals surface area contributed by atoms with E-state index in [1.54, 1.807) is 6.07 Å². The van der Waals surface area contributed by atoms with Gasteiger partial charge in [-0.05, 0) is 43.0 Å². The molecule has 3 N–H and O–H groups in total. The molecule has 0 fully saturated rings. The summed E-state index contributed by atoms with van der Waals surface area (Å²) in [6.45, 7) is 4.16. The van der Waals surface area contributed by atoms with Crippen molar-refractivity contribution in [2.24, 2.45) is 5.84 Å². The molecule has 1 unspecified atom stereocenters. The molecule has 0 bridgehead atoms. The highest BCUT2D eigenvalue weighted by Crippen LogP contribution is 2.15. The maximum atomic E-state index is 13.0. The van der Waals surface area contributed by atoms with Crippen LogP contribution in [0.5, 0.6) is 0 Å². The van der Waals surface area contributed by atoms with Gasteiger partial charge in [0.05, 0.1) is 0 Å². The number of hydrazine groups is 1. The van der Waals surface area contributed by atoms with Gasteiger partial charge in [0.1, 0.15) is 5.82 Å². The Balaban J connectivity index is 2.46. The van der Waals surface area contributed by atoms with E-state index in [2.05, 4.69) is 12.3 Å². The Morgan fingerprint density at radius 2 is 2.06 bits per heavy atom. The summed E-state index contributed by atoms with van der Waals surface area (Å²) in [5, 5.41) is 0. The van der Waals surface area contributed by atoms with E-state index in [1.165, 1.54) is 37.3 Å². The maximum absolute atomic E-state index is 13.0. The van der Waals surface area contributed by atoms with Crippen molar-refractivity contribution in [3.8, 4) is 0 Å². The molecule has 0 saturated heterocycles. The lowest BCUT2D eigenvalue weighted by molar-refractivity contribution is 0.462. The summed E-state index contributed by atoms with van der Waals surface area (Å²) in [7, 11) is 0. The highest BCUT2D eigenvalue weighted by Gasteiger charge is 2.09. The molecule has 0 amide bonds. The Hall–Kier alpha value is -0.930. The summed E-state index contributed by atoms with van der Waals surface area (Å²) >= 11 is 0. The molecule has 0 heterocycles. The van der Waals surface area contributed by atoms with Gasteiger partial charge >= 0.3 is 0 Å². The van der Waals surface area contributed by atoms with Crippen LogP contribution in [0.1, 0.15) is 50.2 Å². The number of nitrogens with two attached hydrogens (primary N) is 1. The fourth-order valence-corrected chi connectivity index (χ4v) is 2.22. The van der Waals surface area contributed by atoms with Gasteiger partial charge in [-0.25, -0.2) is 4.39 Å². The third kappa shape index (κ3) is 5.15. The highest BCUT2D eigenvalue weighted by atomic mass is 19.1. The Bertz CT molecular complexity index is 352. The molecule has 2 nitrogen and oxygen atoms in total. The number of aryl methyl sites for hydroxylation is 1. The van der Waals surface area contributed by atoms with E-state index in [4.69, 9.17) is 5.84 Å². The maximum Gasteiger partial charge on any atom is 0.123 e. The Labute approximate surface area is 110 Å². The van der Waals surface area contributed by atoms with Gasteiger partial charge in [0.25, 0.3) is 0 Å². The topological polar surface area (TPSA) is 38.0 Å². The molecule has 1 aromatic carbocycles. The number of hydrogen-bond donors (Lipinski definition) is 2. The van der Waals surface area contributed by atoms with Crippen molar-refractivity contribution in [2.45, 2.75) is 58.4 Å². The van der Waals surface area contributed by atoms with Gasteiger partial charge in [-0.15, -0.1) is 0 Å². The van der Waals surface area contributed by atoms with Crippen molar-refractivity contribution >= 4 is 0 Å². The first-order valence-corrected chi connectivity index (χ1v) is 6.88. The lowest BCUT2D eigenvalue weighted by atomic mass is 9.97. The fourth-order valence-electron chi connectivity index (χ4n) is 2.22. The monoisotopic (exact) mass is 252 g/mol. The van der Waals surface area contributed by atoms with E-state index in [0.717, 1.165) is 18.4 Å². The molecule has 102 valence electrons. The van der Waals surface area contributed by atoms with Crippen LogP contribution in [-0.2, 0) is 6.42 Å². The van der Waals surface area contributed by atoms with E-state index in [0.29, 0.717) is 0 Å². The van der Waals surface area contributed by atoms with Crippen LogP contribution in [0.15, 0.2) is 18.2 Å². The van der Waals surface area contributed by atoms with Crippen LogP contribution in [0.2, 0.25) is 0 Å². The van der Waals surface area contributed by atoms with E-state index in [1.807, 2.05) is 13.0 Å². The zero-order valence-electron chi connectivity index (χ0n) is 11.5. The smallest absolute Gasteiger partial charge is 0.123 e. The molecular weight excluding hydrogens is 227 g/mol. The summed E-state index contributed by atoms with van der Waals surface area (Å²) in [6.07, 6.45) is 6.94. The Kier molecular flexibility index (Phi) is 6.91. The van der Waals surface area contributed by atoms with Gasteiger partial charge in [0.2, 0.25) is 0 Å². The minimum absolute atomic E-state index is 0.170. The van der Waals surface area contributed by atoms with Crippen molar-refractivity contribution in [3.63, 3.8) is 0 Å². The molecule has 0 aliphatic heterocycles. The van der Waals surface area contributed by atoms with Gasteiger partial charge < -0.3 is 0 Å². The van der Waals surface area contributed by atoms with Crippen molar-refractivity contribution in [1.82, 2.24) is 5.43 Å². The number of nitrogens with one attached hydrogen (secondary N) is 1. The number of benzene rings is 1. The van der Waals surface area contributed by atoms with Crippen LogP contribution in [-0.4, -0.2) is 6.04 Å². The van der Waals surface area contributed by atoms with Crippen LogP contribution in [0, 0.1) is 12.7 Å². The van der Waals surface area contributed by atoms with Gasteiger partial charge in [0.15, 0.2) is 0 Å². The van der Waals surface area contributed by atoms with Crippen molar-refractivity contribution in [3.05, 3.63) is 35.1 Å². The Morgan fingerprint density at radius 3 is 2.67 bits per heavy atom. The van der Waals surface area contributed by atoms with Crippen molar-refractivity contribution in [1.29, 1.82) is 0 Å². The molecule has 1 atom stereocenters. The predicted molar refractivity (Wildman–Crippen MR) is 74.7 cm³/mol. The zero-order chi connectivity index (χ0) is 13.4. The minimum Gasteiger partial charge on any atom is -0.271 e. The quantitative estimate of drug-likeness (QED) is 0.422. The second kappa shape index (κ2) is 8.22. The SMILES string of the molecule is CCCCCCC(Cc1ccc(F)cc1C)NN. The van der Waals surface area contributed by atoms with Crippen molar-refractivity contribution < 1.29 is 4.39 Å². The molecule has 0 spiro atoms. The van der Waals surface area contributed by atoms with E-state index >= 15 is 0 Å². The molecule has 0 aromatic heterocycles. The number of halogens is 1. The molecule has 0 aliphatic rings. The van der Waals surface area contributed by atoms with Gasteiger partial charge in [-0.3, -0.25) is 11.3 Å². The zero-order valence-corrected chi connectivity index (χ0v) is 11.5. The van der Waals surface area contributed by atoms with E-state index in [-0.39, 0.29) is 11.9 Å².